The molecular weight excluding hydrogens is 532 g/mol. The normalized spacial score (nSPS) is 15.3. The van der Waals surface area contributed by atoms with Crippen molar-refractivity contribution in [3.05, 3.63) is 112 Å². The summed E-state index contributed by atoms with van der Waals surface area (Å²) in [6.45, 7) is 2.28. The third-order valence-corrected chi connectivity index (χ3v) is 7.78. The Morgan fingerprint density at radius 1 is 1.03 bits per heavy atom. The summed E-state index contributed by atoms with van der Waals surface area (Å²) in [7, 11) is 1.60. The molecule has 196 valence electrons. The number of thioether (sulfide) groups is 1. The first-order valence-corrected chi connectivity index (χ1v) is 13.6. The van der Waals surface area contributed by atoms with Crippen LogP contribution in [0.5, 0.6) is 5.75 Å². The molecule has 0 aliphatic carbocycles. The van der Waals surface area contributed by atoms with Gasteiger partial charge in [-0.3, -0.25) is 9.69 Å². The fourth-order valence-corrected chi connectivity index (χ4v) is 5.51. The molecule has 3 aromatic carbocycles. The van der Waals surface area contributed by atoms with Gasteiger partial charge in [-0.2, -0.15) is 0 Å². The van der Waals surface area contributed by atoms with E-state index in [-0.39, 0.29) is 18.0 Å². The van der Waals surface area contributed by atoms with E-state index in [1.807, 2.05) is 55.5 Å². The minimum absolute atomic E-state index is 0.186. The Bertz CT molecular complexity index is 1560. The van der Waals surface area contributed by atoms with Gasteiger partial charge in [0.15, 0.2) is 10.3 Å². The molecule has 0 bridgehead atoms. The number of aromatic carboxylic acids is 1. The van der Waals surface area contributed by atoms with E-state index in [0.717, 1.165) is 15.6 Å². The van der Waals surface area contributed by atoms with Crippen LogP contribution in [0.4, 0.5) is 5.69 Å². The number of aliphatic imine (C=N–C) groups is 1. The van der Waals surface area contributed by atoms with Crippen LogP contribution in [0, 0.1) is 6.92 Å². The lowest BCUT2D eigenvalue weighted by molar-refractivity contribution is -0.122. The van der Waals surface area contributed by atoms with E-state index in [1.165, 1.54) is 41.2 Å². The van der Waals surface area contributed by atoms with Gasteiger partial charge in [0.05, 0.1) is 29.8 Å². The highest BCUT2D eigenvalue weighted by atomic mass is 32.2. The van der Waals surface area contributed by atoms with E-state index in [0.29, 0.717) is 27.3 Å². The summed E-state index contributed by atoms with van der Waals surface area (Å²) in [5.41, 5.74) is 2.84. The van der Waals surface area contributed by atoms with Crippen molar-refractivity contribution in [1.82, 2.24) is 4.90 Å². The largest absolute Gasteiger partial charge is 0.497 e. The number of amides is 1. The Kier molecular flexibility index (Phi) is 7.90. The number of carbonyl (C=O) groups excluding carboxylic acids is 1. The summed E-state index contributed by atoms with van der Waals surface area (Å²) in [4.78, 5) is 32.6. The standard InChI is InChI=1S/C30H24N2O5S2/c1-19-3-14-25(15-4-19)38-27-16-13-24(37-27)17-26-28(33)32(18-20-5-7-21(8-6-20)29(34)35)30(39-26)31-22-9-11-23(36-2)12-10-22/h3-17H,18H2,1-2H3,(H,34,35)/b26-17-,31-30?. The number of hydrogen-bond donors (Lipinski definition) is 1. The van der Waals surface area contributed by atoms with Crippen LogP contribution < -0.4 is 4.74 Å². The number of benzene rings is 3. The molecular formula is C30H24N2O5S2. The quantitative estimate of drug-likeness (QED) is 0.229. The molecule has 1 N–H and O–H groups in total. The van der Waals surface area contributed by atoms with Crippen molar-refractivity contribution in [2.24, 2.45) is 4.99 Å². The number of carbonyl (C=O) groups is 2. The molecule has 1 amide bonds. The smallest absolute Gasteiger partial charge is 0.335 e. The Morgan fingerprint density at radius 3 is 2.41 bits per heavy atom. The number of nitrogens with zero attached hydrogens (tertiary/aromatic N) is 2. The third kappa shape index (κ3) is 6.45. The molecule has 0 radical (unpaired) electrons. The molecule has 4 aromatic rings. The maximum atomic E-state index is 13.5. The SMILES string of the molecule is COc1ccc(N=C2S/C(=C\c3ccc(Sc4ccc(C)cc4)o3)C(=O)N2Cc2ccc(C(=O)O)cc2)cc1. The number of carboxylic acid groups (broad SMARTS) is 1. The average Bonchev–Trinajstić information content (AvgIpc) is 3.50. The van der Waals surface area contributed by atoms with Gasteiger partial charge in [-0.05, 0) is 84.9 Å². The van der Waals surface area contributed by atoms with Gasteiger partial charge in [0.25, 0.3) is 5.91 Å². The van der Waals surface area contributed by atoms with Crippen molar-refractivity contribution >= 4 is 52.3 Å². The summed E-state index contributed by atoms with van der Waals surface area (Å²) in [5.74, 6) is 0.0671. The molecule has 39 heavy (non-hydrogen) atoms. The first-order chi connectivity index (χ1) is 18.9. The predicted molar refractivity (Wildman–Crippen MR) is 154 cm³/mol. The van der Waals surface area contributed by atoms with Crippen LogP contribution in [0.3, 0.4) is 0 Å². The minimum atomic E-state index is -1.00. The van der Waals surface area contributed by atoms with Crippen molar-refractivity contribution in [1.29, 1.82) is 0 Å². The lowest BCUT2D eigenvalue weighted by atomic mass is 10.1. The van der Waals surface area contributed by atoms with Crippen molar-refractivity contribution in [2.75, 3.05) is 7.11 Å². The van der Waals surface area contributed by atoms with E-state index >= 15 is 0 Å². The molecule has 9 heteroatoms. The van der Waals surface area contributed by atoms with Crippen molar-refractivity contribution in [2.45, 2.75) is 23.5 Å². The van der Waals surface area contributed by atoms with Crippen LogP contribution in [-0.4, -0.2) is 34.2 Å². The van der Waals surface area contributed by atoms with Gasteiger partial charge in [-0.1, -0.05) is 41.6 Å². The average molecular weight is 557 g/mol. The number of rotatable bonds is 8. The van der Waals surface area contributed by atoms with Gasteiger partial charge >= 0.3 is 5.97 Å². The van der Waals surface area contributed by atoms with Crippen LogP contribution in [0.25, 0.3) is 6.08 Å². The van der Waals surface area contributed by atoms with Crippen molar-refractivity contribution in [3.8, 4) is 5.75 Å². The molecule has 0 atom stereocenters. The highest BCUT2D eigenvalue weighted by molar-refractivity contribution is 8.18. The summed E-state index contributed by atoms with van der Waals surface area (Å²) >= 11 is 2.78. The zero-order valence-corrected chi connectivity index (χ0v) is 22.8. The van der Waals surface area contributed by atoms with Crippen molar-refractivity contribution < 1.29 is 23.8 Å². The number of amidine groups is 1. The molecule has 0 unspecified atom stereocenters. The Morgan fingerprint density at radius 2 is 1.74 bits per heavy atom. The second-order valence-electron chi connectivity index (χ2n) is 8.67. The molecule has 0 spiro atoms. The Balaban J connectivity index is 1.41. The molecule has 7 nitrogen and oxygen atoms in total. The minimum Gasteiger partial charge on any atom is -0.497 e. The second kappa shape index (κ2) is 11.7. The zero-order valence-electron chi connectivity index (χ0n) is 21.2. The maximum absolute atomic E-state index is 13.5. The van der Waals surface area contributed by atoms with E-state index in [1.54, 1.807) is 30.2 Å². The lowest BCUT2D eigenvalue weighted by Gasteiger charge is -2.16. The topological polar surface area (TPSA) is 92.3 Å². The Labute approximate surface area is 234 Å². The zero-order chi connectivity index (χ0) is 27.4. The van der Waals surface area contributed by atoms with Gasteiger partial charge in [0.2, 0.25) is 0 Å². The van der Waals surface area contributed by atoms with Crippen LogP contribution in [0.15, 0.2) is 109 Å². The lowest BCUT2D eigenvalue weighted by Crippen LogP contribution is -2.28. The van der Waals surface area contributed by atoms with Gasteiger partial charge < -0.3 is 14.3 Å². The van der Waals surface area contributed by atoms with Gasteiger partial charge in [0, 0.05) is 11.0 Å². The second-order valence-corrected chi connectivity index (χ2v) is 10.8. The number of aryl methyl sites for hydroxylation is 1. The summed E-state index contributed by atoms with van der Waals surface area (Å²) in [5, 5.41) is 10.4. The Hall–Kier alpha value is -4.21. The summed E-state index contributed by atoms with van der Waals surface area (Å²) in [6.07, 6.45) is 1.73. The van der Waals surface area contributed by atoms with Gasteiger partial charge in [0.1, 0.15) is 11.5 Å². The molecule has 2 heterocycles. The third-order valence-electron chi connectivity index (χ3n) is 5.84. The number of methoxy groups -OCH3 is 1. The molecule has 1 fully saturated rings. The van der Waals surface area contributed by atoms with Crippen LogP contribution >= 0.6 is 23.5 Å². The fraction of sp³-hybridized carbons (Fsp3) is 0.100. The first kappa shape index (κ1) is 26.4. The van der Waals surface area contributed by atoms with Crippen LogP contribution in [-0.2, 0) is 11.3 Å². The van der Waals surface area contributed by atoms with Crippen molar-refractivity contribution in [3.63, 3.8) is 0 Å². The van der Waals surface area contributed by atoms with E-state index in [2.05, 4.69) is 12.1 Å². The monoisotopic (exact) mass is 556 g/mol. The predicted octanol–water partition coefficient (Wildman–Crippen LogP) is 7.25. The summed E-state index contributed by atoms with van der Waals surface area (Å²) < 4.78 is 11.2. The van der Waals surface area contributed by atoms with E-state index < -0.39 is 5.97 Å². The molecule has 1 saturated heterocycles. The molecule has 0 saturated carbocycles. The van der Waals surface area contributed by atoms with E-state index in [9.17, 15) is 14.7 Å². The van der Waals surface area contributed by atoms with Gasteiger partial charge in [-0.25, -0.2) is 9.79 Å². The van der Waals surface area contributed by atoms with Crippen LogP contribution in [0.1, 0.15) is 27.2 Å². The van der Waals surface area contributed by atoms with Crippen LogP contribution in [0.2, 0.25) is 0 Å². The highest BCUT2D eigenvalue weighted by Crippen LogP contribution is 2.37. The first-order valence-electron chi connectivity index (χ1n) is 12.0. The molecule has 1 aliphatic rings. The fourth-order valence-electron chi connectivity index (χ4n) is 3.75. The number of carboxylic acids is 1. The van der Waals surface area contributed by atoms with E-state index in [4.69, 9.17) is 14.1 Å². The molecule has 1 aromatic heterocycles. The van der Waals surface area contributed by atoms with Gasteiger partial charge in [-0.15, -0.1) is 0 Å². The number of ether oxygens (including phenoxy) is 1. The maximum Gasteiger partial charge on any atom is 0.335 e. The number of hydrogen-bond acceptors (Lipinski definition) is 7. The summed E-state index contributed by atoms with van der Waals surface area (Å²) in [6, 6.07) is 25.6. The highest BCUT2D eigenvalue weighted by Gasteiger charge is 2.34. The molecule has 1 aliphatic heterocycles. The number of furan rings is 1. The molecule has 5 rings (SSSR count).